The van der Waals surface area contributed by atoms with Gasteiger partial charge in [-0.25, -0.2) is 0 Å². The standard InChI is InChI=1S/C28H47NO2/c1-18(13-15-27(4,5)31)19(2)23-11-12-24-22(8-7-14-28(23,24)6)10-9-21-16-25(29)20(3)26(30)17-21/h9-10,18-19,23-26,30-31H,3,7-8,11-17,29H2,1-2,4-6H3/b21-9+,22-10+/t18-,19-,23?,24?,25+,26+,28+/m0/s1. The SMILES string of the molecule is C=C1[C@H](N)C/C(=C\C=C2/CCC[C@@]3(C)C2CCC3[C@@H](C)[C@@H](C)CCC(C)(C)O)C[C@H]1O. The van der Waals surface area contributed by atoms with Crippen molar-refractivity contribution in [3.05, 3.63) is 35.5 Å². The van der Waals surface area contributed by atoms with Crippen molar-refractivity contribution in [2.45, 2.75) is 110 Å². The molecule has 7 atom stereocenters. The second kappa shape index (κ2) is 9.53. The van der Waals surface area contributed by atoms with Crippen molar-refractivity contribution in [1.82, 2.24) is 0 Å². The van der Waals surface area contributed by atoms with Crippen LogP contribution in [-0.4, -0.2) is 28.0 Å². The summed E-state index contributed by atoms with van der Waals surface area (Å²) in [7, 11) is 0. The average Bonchev–Trinajstić information content (AvgIpc) is 3.04. The molecule has 3 aliphatic rings. The Hall–Kier alpha value is -0.900. The van der Waals surface area contributed by atoms with Crippen LogP contribution in [-0.2, 0) is 0 Å². The minimum Gasteiger partial charge on any atom is -0.390 e. The number of hydrogen-bond acceptors (Lipinski definition) is 3. The number of aliphatic hydroxyl groups excluding tert-OH is 1. The predicted molar refractivity (Wildman–Crippen MR) is 131 cm³/mol. The van der Waals surface area contributed by atoms with E-state index in [1.165, 1.54) is 37.7 Å². The van der Waals surface area contributed by atoms with E-state index < -0.39 is 11.7 Å². The fourth-order valence-corrected chi connectivity index (χ4v) is 6.87. The molecule has 0 bridgehead atoms. The first-order valence-electron chi connectivity index (χ1n) is 12.7. The van der Waals surface area contributed by atoms with Crippen molar-refractivity contribution in [3.8, 4) is 0 Å². The third-order valence-electron chi connectivity index (χ3n) is 9.16. The monoisotopic (exact) mass is 429 g/mol. The molecule has 0 radical (unpaired) electrons. The van der Waals surface area contributed by atoms with E-state index in [1.54, 1.807) is 5.57 Å². The number of allylic oxidation sites excluding steroid dienone is 3. The minimum atomic E-state index is -0.564. The molecule has 0 aromatic rings. The molecule has 3 fully saturated rings. The van der Waals surface area contributed by atoms with Crippen LogP contribution in [0, 0.1) is 29.1 Å². The maximum absolute atomic E-state index is 10.2. The Kier molecular flexibility index (Phi) is 7.61. The van der Waals surface area contributed by atoms with Crippen molar-refractivity contribution in [3.63, 3.8) is 0 Å². The lowest BCUT2D eigenvalue weighted by Crippen LogP contribution is -2.37. The molecule has 3 saturated carbocycles. The zero-order chi connectivity index (χ0) is 23.0. The Morgan fingerprint density at radius 3 is 2.58 bits per heavy atom. The Labute approximate surface area is 190 Å². The molecule has 0 amide bonds. The first kappa shape index (κ1) is 24.7. The number of rotatable bonds is 6. The molecule has 3 nitrogen and oxygen atoms in total. The summed E-state index contributed by atoms with van der Waals surface area (Å²) < 4.78 is 0. The van der Waals surface area contributed by atoms with Crippen LogP contribution in [0.3, 0.4) is 0 Å². The summed E-state index contributed by atoms with van der Waals surface area (Å²) in [4.78, 5) is 0. The summed E-state index contributed by atoms with van der Waals surface area (Å²) in [5, 5.41) is 20.4. The van der Waals surface area contributed by atoms with Gasteiger partial charge >= 0.3 is 0 Å². The van der Waals surface area contributed by atoms with Gasteiger partial charge in [0.05, 0.1) is 11.7 Å². The maximum atomic E-state index is 10.2. The second-order valence-electron chi connectivity index (χ2n) is 12.0. The van der Waals surface area contributed by atoms with Crippen LogP contribution in [0.15, 0.2) is 35.5 Å². The first-order chi connectivity index (χ1) is 14.4. The van der Waals surface area contributed by atoms with E-state index in [0.29, 0.717) is 29.6 Å². The van der Waals surface area contributed by atoms with E-state index in [4.69, 9.17) is 5.73 Å². The topological polar surface area (TPSA) is 66.5 Å². The zero-order valence-corrected chi connectivity index (χ0v) is 20.7. The van der Waals surface area contributed by atoms with Crippen LogP contribution >= 0.6 is 0 Å². The highest BCUT2D eigenvalue weighted by molar-refractivity contribution is 5.30. The summed E-state index contributed by atoms with van der Waals surface area (Å²) in [6.45, 7) is 15.2. The van der Waals surface area contributed by atoms with Crippen LogP contribution in [0.2, 0.25) is 0 Å². The van der Waals surface area contributed by atoms with E-state index >= 15 is 0 Å². The van der Waals surface area contributed by atoms with Crippen molar-refractivity contribution in [1.29, 1.82) is 0 Å². The molecule has 3 heteroatoms. The van der Waals surface area contributed by atoms with Crippen molar-refractivity contribution >= 4 is 0 Å². The van der Waals surface area contributed by atoms with E-state index in [9.17, 15) is 10.2 Å². The molecular weight excluding hydrogens is 382 g/mol. The van der Waals surface area contributed by atoms with Crippen molar-refractivity contribution in [2.75, 3.05) is 0 Å². The molecule has 0 spiro atoms. The maximum Gasteiger partial charge on any atom is 0.0799 e. The molecule has 0 saturated heterocycles. The molecule has 0 aromatic carbocycles. The largest absolute Gasteiger partial charge is 0.390 e. The average molecular weight is 430 g/mol. The van der Waals surface area contributed by atoms with Gasteiger partial charge in [0.25, 0.3) is 0 Å². The molecule has 176 valence electrons. The quantitative estimate of drug-likeness (QED) is 0.459. The Morgan fingerprint density at radius 2 is 1.94 bits per heavy atom. The fourth-order valence-electron chi connectivity index (χ4n) is 6.87. The summed E-state index contributed by atoms with van der Waals surface area (Å²) in [6.07, 6.45) is 14.1. The number of fused-ring (bicyclic) bond motifs is 1. The van der Waals surface area contributed by atoms with Gasteiger partial charge < -0.3 is 15.9 Å². The predicted octanol–water partition coefficient (Wildman–Crippen LogP) is 5.92. The van der Waals surface area contributed by atoms with Crippen LogP contribution in [0.4, 0.5) is 0 Å². The molecule has 0 aromatic heterocycles. The number of nitrogens with two attached hydrogens (primary N) is 1. The van der Waals surface area contributed by atoms with Gasteiger partial charge in [-0.2, -0.15) is 0 Å². The zero-order valence-electron chi connectivity index (χ0n) is 20.7. The highest BCUT2D eigenvalue weighted by Gasteiger charge is 2.51. The highest BCUT2D eigenvalue weighted by atomic mass is 16.3. The lowest BCUT2D eigenvalue weighted by molar-refractivity contribution is 0.0447. The van der Waals surface area contributed by atoms with E-state index in [-0.39, 0.29) is 6.04 Å². The molecule has 3 rings (SSSR count). The third-order valence-corrected chi connectivity index (χ3v) is 9.16. The van der Waals surface area contributed by atoms with Crippen molar-refractivity contribution in [2.24, 2.45) is 34.8 Å². The van der Waals surface area contributed by atoms with Crippen LogP contribution < -0.4 is 5.73 Å². The van der Waals surface area contributed by atoms with Crippen LogP contribution in [0.1, 0.15) is 92.4 Å². The molecule has 0 heterocycles. The van der Waals surface area contributed by atoms with Gasteiger partial charge in [0.2, 0.25) is 0 Å². The van der Waals surface area contributed by atoms with Gasteiger partial charge in [-0.15, -0.1) is 0 Å². The van der Waals surface area contributed by atoms with E-state index in [1.807, 2.05) is 13.8 Å². The molecule has 31 heavy (non-hydrogen) atoms. The molecule has 2 unspecified atom stereocenters. The Morgan fingerprint density at radius 1 is 1.23 bits per heavy atom. The van der Waals surface area contributed by atoms with Gasteiger partial charge in [0.1, 0.15) is 0 Å². The number of aliphatic hydroxyl groups is 2. The van der Waals surface area contributed by atoms with Crippen molar-refractivity contribution < 1.29 is 10.2 Å². The second-order valence-corrected chi connectivity index (χ2v) is 12.0. The van der Waals surface area contributed by atoms with Crippen LogP contribution in [0.5, 0.6) is 0 Å². The Bertz CT molecular complexity index is 699. The third kappa shape index (κ3) is 5.54. The van der Waals surface area contributed by atoms with Gasteiger partial charge in [-0.05, 0) is 106 Å². The lowest BCUT2D eigenvalue weighted by Gasteiger charge is -2.45. The molecule has 4 N–H and O–H groups in total. The molecular formula is C28H47NO2. The minimum absolute atomic E-state index is 0.118. The summed E-state index contributed by atoms with van der Waals surface area (Å²) >= 11 is 0. The van der Waals surface area contributed by atoms with E-state index in [2.05, 4.69) is 39.5 Å². The fraction of sp³-hybridized carbons (Fsp3) is 0.786. The lowest BCUT2D eigenvalue weighted by atomic mass is 9.59. The smallest absolute Gasteiger partial charge is 0.0799 e. The van der Waals surface area contributed by atoms with Gasteiger partial charge in [0.15, 0.2) is 0 Å². The van der Waals surface area contributed by atoms with Gasteiger partial charge in [-0.1, -0.05) is 50.6 Å². The Balaban J connectivity index is 1.71. The van der Waals surface area contributed by atoms with Gasteiger partial charge in [0, 0.05) is 6.04 Å². The number of hydrogen-bond donors (Lipinski definition) is 3. The first-order valence-corrected chi connectivity index (χ1v) is 12.7. The van der Waals surface area contributed by atoms with E-state index in [0.717, 1.165) is 30.8 Å². The molecule has 3 aliphatic carbocycles. The summed E-state index contributed by atoms with van der Waals surface area (Å²) in [5.41, 5.74) is 9.65. The summed E-state index contributed by atoms with van der Waals surface area (Å²) in [5.74, 6) is 2.78. The highest BCUT2D eigenvalue weighted by Crippen LogP contribution is 2.60. The van der Waals surface area contributed by atoms with Crippen LogP contribution in [0.25, 0.3) is 0 Å². The van der Waals surface area contributed by atoms with Gasteiger partial charge in [-0.3, -0.25) is 0 Å². The summed E-state index contributed by atoms with van der Waals surface area (Å²) in [6, 6.07) is -0.118. The molecule has 0 aliphatic heterocycles. The normalized spacial score (nSPS) is 39.0.